The monoisotopic (exact) mass is 325 g/mol. The first-order chi connectivity index (χ1) is 11.1. The van der Waals surface area contributed by atoms with Crippen LogP contribution >= 0.6 is 0 Å². The zero-order chi connectivity index (χ0) is 16.2. The van der Waals surface area contributed by atoms with Gasteiger partial charge in [-0.1, -0.05) is 5.10 Å². The minimum absolute atomic E-state index is 0.0111. The predicted octanol–water partition coefficient (Wildman–Crippen LogP) is -2.06. The molecule has 0 spiro atoms. The van der Waals surface area contributed by atoms with Gasteiger partial charge in [0.2, 0.25) is 11.9 Å². The Morgan fingerprint density at radius 3 is 2.78 bits per heavy atom. The number of rotatable bonds is 3. The maximum absolute atomic E-state index is 12.4. The average Bonchev–Trinajstić information content (AvgIpc) is 2.84. The summed E-state index contributed by atoms with van der Waals surface area (Å²) in [5.41, 5.74) is 5.58. The summed E-state index contributed by atoms with van der Waals surface area (Å²) in [5, 5.41) is 20.9. The number of aliphatic hydroxyl groups is 1. The van der Waals surface area contributed by atoms with Gasteiger partial charge in [-0.05, 0) is 23.3 Å². The van der Waals surface area contributed by atoms with Gasteiger partial charge < -0.3 is 20.5 Å². The molecule has 2 saturated heterocycles. The quantitative estimate of drug-likeness (QED) is 0.650. The van der Waals surface area contributed by atoms with Crippen molar-refractivity contribution in [2.75, 3.05) is 45.1 Å². The van der Waals surface area contributed by atoms with E-state index in [-0.39, 0.29) is 18.4 Å². The molecular formula is C13H23N7O3. The van der Waals surface area contributed by atoms with Crippen LogP contribution in [-0.2, 0) is 16.1 Å². The van der Waals surface area contributed by atoms with Crippen LogP contribution in [0, 0.1) is 0 Å². The molecule has 1 aromatic rings. The molecule has 0 unspecified atom stereocenters. The molecule has 0 aromatic carbocycles. The zero-order valence-corrected chi connectivity index (χ0v) is 13.0. The molecule has 128 valence electrons. The largest absolute Gasteiger partial charge is 0.390 e. The number of nitrogen functional groups attached to an aromatic ring is 1. The number of aliphatic hydroxyl groups excluding tert-OH is 1. The third-order valence-corrected chi connectivity index (χ3v) is 4.44. The van der Waals surface area contributed by atoms with Crippen molar-refractivity contribution in [1.82, 2.24) is 30.0 Å². The van der Waals surface area contributed by atoms with Gasteiger partial charge in [0, 0.05) is 45.4 Å². The van der Waals surface area contributed by atoms with Crippen LogP contribution in [0.4, 0.5) is 5.95 Å². The molecule has 2 fully saturated rings. The van der Waals surface area contributed by atoms with E-state index in [4.69, 9.17) is 10.5 Å². The Balaban J connectivity index is 1.59. The summed E-state index contributed by atoms with van der Waals surface area (Å²) in [4.78, 5) is 16.3. The van der Waals surface area contributed by atoms with E-state index in [9.17, 15) is 9.90 Å². The van der Waals surface area contributed by atoms with Crippen LogP contribution in [0.1, 0.15) is 12.8 Å². The molecular weight excluding hydrogens is 302 g/mol. The molecule has 0 radical (unpaired) electrons. The van der Waals surface area contributed by atoms with Crippen molar-refractivity contribution in [3.8, 4) is 0 Å². The van der Waals surface area contributed by atoms with E-state index in [0.717, 1.165) is 32.6 Å². The second kappa shape index (κ2) is 7.20. The first-order valence-corrected chi connectivity index (χ1v) is 7.93. The Morgan fingerprint density at radius 2 is 2.09 bits per heavy atom. The highest BCUT2D eigenvalue weighted by Crippen LogP contribution is 2.17. The van der Waals surface area contributed by atoms with E-state index in [0.29, 0.717) is 25.7 Å². The predicted molar refractivity (Wildman–Crippen MR) is 80.2 cm³/mol. The van der Waals surface area contributed by atoms with Gasteiger partial charge >= 0.3 is 0 Å². The van der Waals surface area contributed by atoms with Gasteiger partial charge in [-0.25, -0.2) is 4.68 Å². The molecule has 1 atom stereocenters. The lowest BCUT2D eigenvalue weighted by Gasteiger charge is -2.33. The van der Waals surface area contributed by atoms with Crippen molar-refractivity contribution < 1.29 is 14.6 Å². The van der Waals surface area contributed by atoms with Crippen LogP contribution in [0.25, 0.3) is 0 Å². The Bertz CT molecular complexity index is 531. The SMILES string of the molecule is Nc1nnnn1CC(=O)N1CCN(C2CCOCC2)C[C@H](O)C1. The van der Waals surface area contributed by atoms with E-state index in [1.165, 1.54) is 4.68 Å². The normalized spacial score (nSPS) is 24.6. The van der Waals surface area contributed by atoms with Gasteiger partial charge in [-0.3, -0.25) is 9.69 Å². The van der Waals surface area contributed by atoms with Crippen LogP contribution in [0.2, 0.25) is 0 Å². The lowest BCUT2D eigenvalue weighted by molar-refractivity contribution is -0.132. The maximum atomic E-state index is 12.4. The van der Waals surface area contributed by atoms with Gasteiger partial charge in [0.1, 0.15) is 6.54 Å². The van der Waals surface area contributed by atoms with Crippen LogP contribution < -0.4 is 5.73 Å². The van der Waals surface area contributed by atoms with E-state index < -0.39 is 6.10 Å². The zero-order valence-electron chi connectivity index (χ0n) is 13.0. The molecule has 1 amide bonds. The fraction of sp³-hybridized carbons (Fsp3) is 0.846. The Morgan fingerprint density at radius 1 is 1.30 bits per heavy atom. The van der Waals surface area contributed by atoms with Gasteiger partial charge in [-0.2, -0.15) is 0 Å². The number of hydrogen-bond donors (Lipinski definition) is 2. The second-order valence-electron chi connectivity index (χ2n) is 6.03. The van der Waals surface area contributed by atoms with Crippen LogP contribution in [0.5, 0.6) is 0 Å². The summed E-state index contributed by atoms with van der Waals surface area (Å²) in [7, 11) is 0. The third kappa shape index (κ3) is 3.95. The van der Waals surface area contributed by atoms with Crippen molar-refractivity contribution in [3.05, 3.63) is 0 Å². The number of hydrogen-bond acceptors (Lipinski definition) is 8. The number of nitrogens with zero attached hydrogens (tertiary/aromatic N) is 6. The lowest BCUT2D eigenvalue weighted by atomic mass is 10.1. The molecule has 3 N–H and O–H groups in total. The van der Waals surface area contributed by atoms with E-state index in [2.05, 4.69) is 20.4 Å². The van der Waals surface area contributed by atoms with Crippen LogP contribution in [-0.4, -0.2) is 92.6 Å². The topological polar surface area (TPSA) is 123 Å². The number of carbonyl (C=O) groups excluding carboxylic acids is 1. The lowest BCUT2D eigenvalue weighted by Crippen LogP contribution is -2.43. The summed E-state index contributed by atoms with van der Waals surface area (Å²) < 4.78 is 6.65. The standard InChI is InChI=1S/C13H23N7O3/c14-13-15-16-17-20(13)9-12(22)19-4-3-18(7-11(21)8-19)10-1-5-23-6-2-10/h10-11,21H,1-9H2,(H2,14,15,17)/t11-/m0/s1. The number of carbonyl (C=O) groups is 1. The Hall–Kier alpha value is -1.78. The third-order valence-electron chi connectivity index (χ3n) is 4.44. The van der Waals surface area contributed by atoms with Gasteiger partial charge in [0.15, 0.2) is 0 Å². The van der Waals surface area contributed by atoms with Gasteiger partial charge in [0.05, 0.1) is 6.10 Å². The first-order valence-electron chi connectivity index (χ1n) is 7.93. The molecule has 1 aromatic heterocycles. The molecule has 23 heavy (non-hydrogen) atoms. The molecule has 3 rings (SSSR count). The van der Waals surface area contributed by atoms with Crippen molar-refractivity contribution >= 4 is 11.9 Å². The number of nitrogens with two attached hydrogens (primary N) is 1. The number of β-amino-alcohol motifs (C(OH)–C–C–N with tert-alkyl or cyclic N) is 1. The van der Waals surface area contributed by atoms with Gasteiger partial charge in [-0.15, -0.1) is 0 Å². The summed E-state index contributed by atoms with van der Waals surface area (Å²) in [6.07, 6.45) is 1.39. The molecule has 2 aliphatic rings. The summed E-state index contributed by atoms with van der Waals surface area (Å²) in [6, 6.07) is 0.420. The smallest absolute Gasteiger partial charge is 0.244 e. The molecule has 10 heteroatoms. The second-order valence-corrected chi connectivity index (χ2v) is 6.03. The number of aromatic nitrogens is 4. The summed E-state index contributed by atoms with van der Waals surface area (Å²) >= 11 is 0. The van der Waals surface area contributed by atoms with Crippen LogP contribution in [0.3, 0.4) is 0 Å². The molecule has 0 bridgehead atoms. The summed E-state index contributed by atoms with van der Waals surface area (Å²) in [5.74, 6) is -0.0329. The first kappa shape index (κ1) is 16.1. The highest BCUT2D eigenvalue weighted by molar-refractivity contribution is 5.76. The van der Waals surface area contributed by atoms with Crippen molar-refractivity contribution in [2.24, 2.45) is 0 Å². The highest BCUT2D eigenvalue weighted by atomic mass is 16.5. The molecule has 10 nitrogen and oxygen atoms in total. The van der Waals surface area contributed by atoms with Crippen molar-refractivity contribution in [2.45, 2.75) is 31.5 Å². The molecule has 0 saturated carbocycles. The molecule has 0 aliphatic carbocycles. The highest BCUT2D eigenvalue weighted by Gasteiger charge is 2.29. The molecule has 3 heterocycles. The Labute approximate surface area is 134 Å². The van der Waals surface area contributed by atoms with Gasteiger partial charge in [0.25, 0.3) is 0 Å². The van der Waals surface area contributed by atoms with E-state index in [1.54, 1.807) is 4.90 Å². The fourth-order valence-corrected chi connectivity index (χ4v) is 3.18. The minimum atomic E-state index is -0.560. The van der Waals surface area contributed by atoms with Crippen molar-refractivity contribution in [1.29, 1.82) is 0 Å². The minimum Gasteiger partial charge on any atom is -0.390 e. The Kier molecular flexibility index (Phi) is 5.03. The number of tetrazole rings is 1. The van der Waals surface area contributed by atoms with E-state index >= 15 is 0 Å². The van der Waals surface area contributed by atoms with Crippen LogP contribution in [0.15, 0.2) is 0 Å². The van der Waals surface area contributed by atoms with Crippen molar-refractivity contribution in [3.63, 3.8) is 0 Å². The molecule has 2 aliphatic heterocycles. The maximum Gasteiger partial charge on any atom is 0.244 e. The number of anilines is 1. The summed E-state index contributed by atoms with van der Waals surface area (Å²) in [6.45, 7) is 3.75. The average molecular weight is 325 g/mol. The van der Waals surface area contributed by atoms with E-state index in [1.807, 2.05) is 0 Å². The number of amides is 1. The fourth-order valence-electron chi connectivity index (χ4n) is 3.18. The number of ether oxygens (including phenoxy) is 1.